The van der Waals surface area contributed by atoms with Crippen LogP contribution in [0.15, 0.2) is 431 Å². The molecule has 121 heavy (non-hydrogen) atoms. The maximum atomic E-state index is 2.45. The van der Waals surface area contributed by atoms with E-state index in [9.17, 15) is 0 Å². The fraction of sp³-hybridized carbons (Fsp3) is 0.00855. The van der Waals surface area contributed by atoms with Crippen molar-refractivity contribution in [1.29, 1.82) is 0 Å². The van der Waals surface area contributed by atoms with Crippen LogP contribution in [-0.4, -0.2) is 0 Å². The molecule has 4 aliphatic rings. The van der Waals surface area contributed by atoms with Crippen LogP contribution in [0, 0.1) is 6.92 Å². The zero-order valence-electron chi connectivity index (χ0n) is 66.3. The Bertz CT molecular complexity index is 7670. The van der Waals surface area contributed by atoms with E-state index in [1.54, 1.807) is 0 Å². The average molecular weight is 1540 g/mol. The first-order valence-electron chi connectivity index (χ1n) is 41.9. The minimum absolute atomic E-state index is 1.15. The smallest absolute Gasteiger partial charge is 0.0540 e. The van der Waals surface area contributed by atoms with Crippen molar-refractivity contribution in [2.45, 2.75) is 6.92 Å². The lowest BCUT2D eigenvalue weighted by atomic mass is 9.91. The predicted molar refractivity (Wildman–Crippen MR) is 514 cm³/mol. The van der Waals surface area contributed by atoms with Gasteiger partial charge in [0.1, 0.15) is 0 Å². The Hall–Kier alpha value is -15.9. The van der Waals surface area contributed by atoms with E-state index in [1.807, 2.05) is 0 Å². The average Bonchev–Trinajstić information content (AvgIpc) is 1.39. The van der Waals surface area contributed by atoms with Crippen molar-refractivity contribution in [2.75, 3.05) is 19.6 Å². The summed E-state index contributed by atoms with van der Waals surface area (Å²) >= 11 is 0. The summed E-state index contributed by atoms with van der Waals surface area (Å²) in [6.07, 6.45) is 0. The van der Waals surface area contributed by atoms with Crippen LogP contribution in [0.4, 0.5) is 68.2 Å². The van der Waals surface area contributed by atoms with Gasteiger partial charge in [-0.1, -0.05) is 322 Å². The third-order valence-electron chi connectivity index (χ3n) is 26.1. The minimum atomic E-state index is 1.15. The molecule has 0 unspecified atom stereocenters. The van der Waals surface area contributed by atoms with Gasteiger partial charge in [-0.15, -0.1) is 0 Å². The lowest BCUT2D eigenvalue weighted by Crippen LogP contribution is -2.10. The molecule has 4 heterocycles. The van der Waals surface area contributed by atoms with Gasteiger partial charge in [-0.05, 0) is 252 Å². The molecule has 562 valence electrons. The summed E-state index contributed by atoms with van der Waals surface area (Å²) in [7, 11) is 0. The summed E-state index contributed by atoms with van der Waals surface area (Å²) in [6.45, 7) is 2.28. The molecule has 0 saturated heterocycles. The number of benzene rings is 22. The summed E-state index contributed by atoms with van der Waals surface area (Å²) in [5.74, 6) is 0. The van der Waals surface area contributed by atoms with Crippen LogP contribution in [0.5, 0.6) is 0 Å². The van der Waals surface area contributed by atoms with Gasteiger partial charge in [0.25, 0.3) is 0 Å². The van der Waals surface area contributed by atoms with Gasteiger partial charge >= 0.3 is 0 Å². The molecular weight excluding hydrogens is 1460 g/mol. The molecule has 0 aliphatic carbocycles. The van der Waals surface area contributed by atoms with Crippen LogP contribution in [0.3, 0.4) is 0 Å². The zero-order chi connectivity index (χ0) is 79.5. The maximum Gasteiger partial charge on any atom is 0.0540 e. The number of nitrogens with zero attached hydrogens (tertiary/aromatic N) is 4. The highest BCUT2D eigenvalue weighted by atomic mass is 15.2. The monoisotopic (exact) mass is 1530 g/mol. The van der Waals surface area contributed by atoms with E-state index in [0.29, 0.717) is 0 Å². The lowest BCUT2D eigenvalue weighted by Gasteiger charge is -2.28. The number of hydrogen-bond donors (Lipinski definition) is 0. The number of para-hydroxylation sites is 8. The second-order valence-corrected chi connectivity index (χ2v) is 32.6. The summed E-state index contributed by atoms with van der Waals surface area (Å²) in [4.78, 5) is 9.78. The highest BCUT2D eigenvalue weighted by Crippen LogP contribution is 2.57. The van der Waals surface area contributed by atoms with Crippen LogP contribution >= 0.6 is 0 Å². The largest absolute Gasteiger partial charge is 0.309 e. The fourth-order valence-corrected chi connectivity index (χ4v) is 20.8. The van der Waals surface area contributed by atoms with E-state index in [-0.39, 0.29) is 0 Å². The van der Waals surface area contributed by atoms with Crippen LogP contribution in [-0.2, 0) is 0 Å². The predicted octanol–water partition coefficient (Wildman–Crippen LogP) is 33.4. The van der Waals surface area contributed by atoms with E-state index in [2.05, 4.69) is 457 Å². The molecule has 4 aliphatic heterocycles. The van der Waals surface area contributed by atoms with Crippen molar-refractivity contribution in [1.82, 2.24) is 0 Å². The molecular formula is C117H74N4. The minimum Gasteiger partial charge on any atom is -0.309 e. The molecule has 22 aromatic rings. The van der Waals surface area contributed by atoms with Gasteiger partial charge in [-0.25, -0.2) is 0 Å². The molecule has 0 radical (unpaired) electrons. The van der Waals surface area contributed by atoms with Gasteiger partial charge in [0.2, 0.25) is 0 Å². The van der Waals surface area contributed by atoms with Gasteiger partial charge in [0.15, 0.2) is 0 Å². The molecule has 22 aromatic carbocycles. The van der Waals surface area contributed by atoms with Crippen LogP contribution in [0.2, 0.25) is 0 Å². The summed E-state index contributed by atoms with van der Waals surface area (Å²) < 4.78 is 0. The number of aryl methyl sites for hydroxylation is 1. The molecule has 0 fully saturated rings. The Kier molecular flexibility index (Phi) is 15.3. The molecule has 26 rings (SSSR count). The molecule has 0 bridgehead atoms. The zero-order valence-corrected chi connectivity index (χ0v) is 66.3. The Labute approximate surface area is 701 Å². The van der Waals surface area contributed by atoms with Crippen molar-refractivity contribution in [3.8, 4) is 89.0 Å². The van der Waals surface area contributed by atoms with Crippen molar-refractivity contribution < 1.29 is 0 Å². The molecule has 4 nitrogen and oxygen atoms in total. The summed E-state index contributed by atoms with van der Waals surface area (Å²) in [5.41, 5.74) is 35.3. The number of anilines is 12. The highest BCUT2D eigenvalue weighted by Gasteiger charge is 2.32. The third kappa shape index (κ3) is 10.6. The van der Waals surface area contributed by atoms with Crippen LogP contribution in [0.25, 0.3) is 175 Å². The van der Waals surface area contributed by atoms with Crippen molar-refractivity contribution in [3.63, 3.8) is 0 Å². The fourth-order valence-electron chi connectivity index (χ4n) is 20.8. The first-order valence-corrected chi connectivity index (χ1v) is 41.9. The van der Waals surface area contributed by atoms with E-state index >= 15 is 0 Å². The quantitative estimate of drug-likeness (QED) is 0.129. The standard InChI is InChI=1S/C59H38N2.C58H36N2/c1-37-34-39-36-41(61-57-24-12-8-20-51(57)46-16-4-5-17-47(46)52-21-9-13-25-58(52)61)28-31-43(39)53-33-32-48-42-30-27-40(35-38(42)26-29-54(48)59(37)53)60-55-22-10-6-18-49(55)44-14-2-3-15-45(44)50-19-7-11-23-56(50)60;1-2-14-46-45(13-1)49-17-5-9-21-55(49)59(56-22-10-6-18-50(46)56)41-29-31-43-37(33-41)25-27-39-36-54-40(35-53(39)43)28-26-38-34-42(30-32-44(38)54)60-57-23-11-7-19-51(57)47-15-3-4-16-48(47)52-20-8-12-24-58(52)60/h2-36H,1H3;1-36H. The molecule has 0 spiro atoms. The van der Waals surface area contributed by atoms with Crippen LogP contribution < -0.4 is 19.6 Å². The molecule has 0 amide bonds. The molecule has 0 aromatic heterocycles. The number of rotatable bonds is 4. The van der Waals surface area contributed by atoms with E-state index in [0.717, 1.165) is 22.7 Å². The van der Waals surface area contributed by atoms with Gasteiger partial charge in [0, 0.05) is 67.3 Å². The number of fused-ring (bicyclic) bond motifs is 33. The Morgan fingerprint density at radius 1 is 0.132 bits per heavy atom. The highest BCUT2D eigenvalue weighted by molar-refractivity contribution is 6.25. The first-order chi connectivity index (χ1) is 60.0. The van der Waals surface area contributed by atoms with E-state index < -0.39 is 0 Å². The van der Waals surface area contributed by atoms with E-state index in [1.165, 1.54) is 226 Å². The van der Waals surface area contributed by atoms with Gasteiger partial charge in [-0.3, -0.25) is 0 Å². The van der Waals surface area contributed by atoms with Gasteiger partial charge < -0.3 is 19.6 Å². The molecule has 0 saturated carbocycles. The Morgan fingerprint density at radius 3 is 0.587 bits per heavy atom. The normalized spacial score (nSPS) is 12.6. The molecule has 0 atom stereocenters. The van der Waals surface area contributed by atoms with Crippen LogP contribution in [0.1, 0.15) is 5.56 Å². The van der Waals surface area contributed by atoms with Crippen molar-refractivity contribution >= 4 is 154 Å². The molecule has 0 N–H and O–H groups in total. The summed E-state index contributed by atoms with van der Waals surface area (Å²) in [5, 5.41) is 20.1. The molecule has 4 heteroatoms. The lowest BCUT2D eigenvalue weighted by molar-refractivity contribution is 1.30. The van der Waals surface area contributed by atoms with Gasteiger partial charge in [0.05, 0.1) is 45.5 Å². The maximum absolute atomic E-state index is 2.45. The SMILES string of the molecule is Cc1cc2cc(N3c4ccccc4-c4ccccc4-c4ccccc43)ccc2c2ccc3c4ccc(N5c6ccccc6-c6ccccc6-c6ccccc65)cc4ccc3c12.c1ccc2c(c1)-c1ccccc1N(c1ccc3c(ccc4cc5c(ccc6cc(N7c8ccccc8-c8ccccc8-c8ccccc87)ccc65)cc43)c1)c1ccccc1-2. The topological polar surface area (TPSA) is 13.0 Å². The van der Waals surface area contributed by atoms with E-state index in [4.69, 9.17) is 0 Å². The number of hydrogen-bond acceptors (Lipinski definition) is 4. The van der Waals surface area contributed by atoms with Crippen molar-refractivity contribution in [3.05, 3.63) is 436 Å². The Morgan fingerprint density at radius 2 is 0.314 bits per heavy atom. The Balaban J connectivity index is 0.000000134. The second kappa shape index (κ2) is 27.1. The first kappa shape index (κ1) is 68.4. The van der Waals surface area contributed by atoms with Gasteiger partial charge in [-0.2, -0.15) is 0 Å². The summed E-state index contributed by atoms with van der Waals surface area (Å²) in [6, 6.07) is 159. The second-order valence-electron chi connectivity index (χ2n) is 32.6. The third-order valence-corrected chi connectivity index (χ3v) is 26.1. The van der Waals surface area contributed by atoms with Crippen molar-refractivity contribution in [2.24, 2.45) is 0 Å².